The Morgan fingerprint density at radius 2 is 2.00 bits per heavy atom. The molecule has 0 bridgehead atoms. The molecular formula is C27H31ClFN7O3. The summed E-state index contributed by atoms with van der Waals surface area (Å²) >= 11 is 6.46. The van der Waals surface area contributed by atoms with Crippen LogP contribution >= 0.6 is 11.6 Å². The Balaban J connectivity index is 1.27. The first-order valence-corrected chi connectivity index (χ1v) is 13.6. The van der Waals surface area contributed by atoms with Gasteiger partial charge in [-0.3, -0.25) is 9.88 Å². The van der Waals surface area contributed by atoms with E-state index in [4.69, 9.17) is 21.1 Å². The second kappa shape index (κ2) is 10.5. The van der Waals surface area contributed by atoms with Gasteiger partial charge in [-0.1, -0.05) is 23.7 Å². The predicted octanol–water partition coefficient (Wildman–Crippen LogP) is 3.80. The van der Waals surface area contributed by atoms with E-state index in [2.05, 4.69) is 25.3 Å². The standard InChI is InChI=1S/C27H31ClFN7O3/c1-3-27(37,24-5-4-19(29)11-30-24)16-39-23-10-18(13-35-26(23)22(28)12-31-35)25-17(2)36(33-32-25)20-6-8-34(9-7-20)21-14-38-15-21/h4-5,10-13,20-21,37H,3,6-9,14-16H2,1-2H3/t27-/m1/s1. The van der Waals surface area contributed by atoms with Crippen molar-refractivity contribution in [2.45, 2.75) is 50.8 Å². The molecule has 4 aromatic heterocycles. The van der Waals surface area contributed by atoms with Gasteiger partial charge in [0, 0.05) is 24.8 Å². The zero-order valence-electron chi connectivity index (χ0n) is 21.9. The Labute approximate surface area is 230 Å². The topological polar surface area (TPSA) is 103 Å². The largest absolute Gasteiger partial charge is 0.488 e. The second-order valence-corrected chi connectivity index (χ2v) is 10.7. The van der Waals surface area contributed by atoms with Crippen molar-refractivity contribution in [1.82, 2.24) is 34.5 Å². The van der Waals surface area contributed by atoms with Crippen LogP contribution in [0.4, 0.5) is 4.39 Å². The summed E-state index contributed by atoms with van der Waals surface area (Å²) < 4.78 is 28.6. The van der Waals surface area contributed by atoms with E-state index in [0.29, 0.717) is 34.4 Å². The summed E-state index contributed by atoms with van der Waals surface area (Å²) in [7, 11) is 0. The first-order chi connectivity index (χ1) is 18.9. The Morgan fingerprint density at radius 1 is 1.21 bits per heavy atom. The van der Waals surface area contributed by atoms with Crippen LogP contribution in [0.5, 0.6) is 5.75 Å². The third-order valence-electron chi connectivity index (χ3n) is 7.97. The van der Waals surface area contributed by atoms with E-state index >= 15 is 0 Å². The molecule has 12 heteroatoms. The fraction of sp³-hybridized carbons (Fsp3) is 0.481. The van der Waals surface area contributed by atoms with Crippen molar-refractivity contribution in [3.8, 4) is 17.0 Å². The third kappa shape index (κ3) is 4.88. The van der Waals surface area contributed by atoms with E-state index in [9.17, 15) is 9.50 Å². The number of fused-ring (bicyclic) bond motifs is 1. The zero-order chi connectivity index (χ0) is 27.1. The molecule has 0 radical (unpaired) electrons. The molecule has 2 aliphatic heterocycles. The molecule has 10 nitrogen and oxygen atoms in total. The summed E-state index contributed by atoms with van der Waals surface area (Å²) in [5, 5.41) is 25.1. The van der Waals surface area contributed by atoms with Crippen LogP contribution in [0, 0.1) is 12.7 Å². The van der Waals surface area contributed by atoms with Crippen LogP contribution in [0.1, 0.15) is 43.6 Å². The fourth-order valence-corrected chi connectivity index (χ4v) is 5.60. The lowest BCUT2D eigenvalue weighted by molar-refractivity contribution is -0.0735. The van der Waals surface area contributed by atoms with Crippen molar-refractivity contribution < 1.29 is 19.0 Å². The van der Waals surface area contributed by atoms with Gasteiger partial charge in [-0.15, -0.1) is 5.10 Å². The molecular weight excluding hydrogens is 525 g/mol. The SMILES string of the molecule is CC[C@@](O)(COc1cc(-c2nnn(C3CCN(C4COC4)CC3)c2C)cn2ncc(Cl)c12)c1ccc(F)cn1. The number of hydrogen-bond acceptors (Lipinski definition) is 8. The Kier molecular flexibility index (Phi) is 7.00. The van der Waals surface area contributed by atoms with Gasteiger partial charge in [-0.2, -0.15) is 5.10 Å². The number of rotatable bonds is 8. The molecule has 0 saturated carbocycles. The van der Waals surface area contributed by atoms with E-state index in [1.54, 1.807) is 10.7 Å². The molecule has 1 atom stereocenters. The third-order valence-corrected chi connectivity index (χ3v) is 8.25. The molecule has 4 aromatic rings. The van der Waals surface area contributed by atoms with E-state index in [1.165, 1.54) is 12.1 Å². The lowest BCUT2D eigenvalue weighted by Crippen LogP contribution is -2.52. The van der Waals surface area contributed by atoms with Crippen molar-refractivity contribution in [2.24, 2.45) is 0 Å². The first-order valence-electron chi connectivity index (χ1n) is 13.2. The summed E-state index contributed by atoms with van der Waals surface area (Å²) in [6.07, 6.45) is 6.81. The number of nitrogens with zero attached hydrogens (tertiary/aromatic N) is 7. The van der Waals surface area contributed by atoms with Crippen molar-refractivity contribution >= 4 is 17.1 Å². The number of hydrogen-bond donors (Lipinski definition) is 1. The maximum absolute atomic E-state index is 13.4. The molecule has 1 N–H and O–H groups in total. The van der Waals surface area contributed by atoms with Crippen molar-refractivity contribution in [1.29, 1.82) is 0 Å². The molecule has 2 fully saturated rings. The highest BCUT2D eigenvalue weighted by Crippen LogP contribution is 2.35. The molecule has 39 heavy (non-hydrogen) atoms. The highest BCUT2D eigenvalue weighted by molar-refractivity contribution is 6.34. The summed E-state index contributed by atoms with van der Waals surface area (Å²) in [5.74, 6) is -0.0329. The molecule has 6 heterocycles. The summed E-state index contributed by atoms with van der Waals surface area (Å²) in [5.41, 5.74) is 1.94. The number of halogens is 2. The molecule has 0 unspecified atom stereocenters. The van der Waals surface area contributed by atoms with E-state index in [0.717, 1.165) is 62.3 Å². The van der Waals surface area contributed by atoms with E-state index in [1.807, 2.05) is 30.8 Å². The van der Waals surface area contributed by atoms with Gasteiger partial charge in [0.1, 0.15) is 35.0 Å². The molecule has 0 aliphatic carbocycles. The van der Waals surface area contributed by atoms with Gasteiger partial charge in [0.25, 0.3) is 0 Å². The molecule has 2 aliphatic rings. The highest BCUT2D eigenvalue weighted by atomic mass is 35.5. The van der Waals surface area contributed by atoms with Crippen LogP contribution in [0.2, 0.25) is 5.02 Å². The quantitative estimate of drug-likeness (QED) is 0.350. The minimum Gasteiger partial charge on any atom is -0.488 e. The highest BCUT2D eigenvalue weighted by Gasteiger charge is 2.32. The smallest absolute Gasteiger partial charge is 0.147 e. The van der Waals surface area contributed by atoms with Crippen molar-refractivity contribution in [2.75, 3.05) is 32.9 Å². The number of pyridine rings is 2. The molecule has 0 spiro atoms. The minimum atomic E-state index is -1.42. The van der Waals surface area contributed by atoms with Crippen LogP contribution < -0.4 is 4.74 Å². The molecule has 206 valence electrons. The average molecular weight is 556 g/mol. The number of aliphatic hydroxyl groups is 1. The number of aromatic nitrogens is 6. The van der Waals surface area contributed by atoms with Crippen molar-refractivity contribution in [3.05, 3.63) is 59.0 Å². The molecule has 0 amide bonds. The van der Waals surface area contributed by atoms with Crippen LogP contribution in [-0.4, -0.2) is 78.6 Å². The fourth-order valence-electron chi connectivity index (χ4n) is 5.38. The first kappa shape index (κ1) is 26.1. The van der Waals surface area contributed by atoms with Gasteiger partial charge in [-0.05, 0) is 44.4 Å². The van der Waals surface area contributed by atoms with Gasteiger partial charge in [0.15, 0.2) is 0 Å². The number of likely N-dealkylation sites (tertiary alicyclic amines) is 1. The summed E-state index contributed by atoms with van der Waals surface area (Å²) in [4.78, 5) is 6.58. The summed E-state index contributed by atoms with van der Waals surface area (Å²) in [6, 6.07) is 5.41. The second-order valence-electron chi connectivity index (χ2n) is 10.3. The Hall–Kier alpha value is -3.12. The minimum absolute atomic E-state index is 0.112. The lowest BCUT2D eigenvalue weighted by Gasteiger charge is -2.41. The normalized spacial score (nSPS) is 18.8. The van der Waals surface area contributed by atoms with Gasteiger partial charge < -0.3 is 14.6 Å². The van der Waals surface area contributed by atoms with Crippen LogP contribution in [0.15, 0.2) is 36.8 Å². The van der Waals surface area contributed by atoms with Gasteiger partial charge in [-0.25, -0.2) is 13.6 Å². The van der Waals surface area contributed by atoms with E-state index in [-0.39, 0.29) is 12.6 Å². The molecule has 6 rings (SSSR count). The molecule has 0 aromatic carbocycles. The molecule has 2 saturated heterocycles. The zero-order valence-corrected chi connectivity index (χ0v) is 22.7. The average Bonchev–Trinajstić information content (AvgIpc) is 3.49. The summed E-state index contributed by atoms with van der Waals surface area (Å²) in [6.45, 7) is 7.43. The van der Waals surface area contributed by atoms with Crippen LogP contribution in [0.25, 0.3) is 16.8 Å². The monoisotopic (exact) mass is 555 g/mol. The number of piperidine rings is 1. The van der Waals surface area contributed by atoms with Crippen molar-refractivity contribution in [3.63, 3.8) is 0 Å². The predicted molar refractivity (Wildman–Crippen MR) is 142 cm³/mol. The Bertz CT molecular complexity index is 1460. The van der Waals surface area contributed by atoms with Crippen LogP contribution in [-0.2, 0) is 10.3 Å². The van der Waals surface area contributed by atoms with Crippen LogP contribution in [0.3, 0.4) is 0 Å². The number of ether oxygens (including phenoxy) is 2. The van der Waals surface area contributed by atoms with Gasteiger partial charge in [0.05, 0.1) is 54.1 Å². The lowest BCUT2D eigenvalue weighted by atomic mass is 9.97. The van der Waals surface area contributed by atoms with Gasteiger partial charge >= 0.3 is 0 Å². The maximum Gasteiger partial charge on any atom is 0.147 e. The maximum atomic E-state index is 13.4. The Morgan fingerprint density at radius 3 is 2.67 bits per heavy atom. The van der Waals surface area contributed by atoms with Gasteiger partial charge in [0.2, 0.25) is 0 Å². The van der Waals surface area contributed by atoms with E-state index < -0.39 is 11.4 Å².